The second-order valence-corrected chi connectivity index (χ2v) is 9.00. The standard InChI is InChI=1S/C17H30N4O2S/c1-14-17(12-18-20(14)2)24(22,23)19-15-8-7-11-21(13-15)16-9-5-3-4-6-10-16/h12,15-16,19H,3-11,13H2,1-2H3/t15-/m0/s1. The van der Waals surface area contributed by atoms with Crippen LogP contribution in [0.25, 0.3) is 0 Å². The summed E-state index contributed by atoms with van der Waals surface area (Å²) in [6.07, 6.45) is 11.3. The second kappa shape index (κ2) is 7.54. The third-order valence-electron chi connectivity index (χ3n) is 5.60. The number of nitrogens with zero attached hydrogens (tertiary/aromatic N) is 3. The first-order chi connectivity index (χ1) is 11.5. The Hall–Kier alpha value is -0.920. The van der Waals surface area contributed by atoms with Crippen LogP contribution in [0, 0.1) is 6.92 Å². The third kappa shape index (κ3) is 4.00. The Kier molecular flexibility index (Phi) is 5.62. The Labute approximate surface area is 145 Å². The Morgan fingerprint density at radius 2 is 1.83 bits per heavy atom. The predicted octanol–water partition coefficient (Wildman–Crippen LogP) is 2.19. The van der Waals surface area contributed by atoms with Crippen molar-refractivity contribution >= 4 is 10.0 Å². The van der Waals surface area contributed by atoms with E-state index in [9.17, 15) is 8.42 Å². The normalized spacial score (nSPS) is 24.8. The fourth-order valence-electron chi connectivity index (χ4n) is 4.08. The molecule has 1 aliphatic heterocycles. The molecule has 0 bridgehead atoms. The zero-order valence-corrected chi connectivity index (χ0v) is 15.7. The van der Waals surface area contributed by atoms with Crippen LogP contribution >= 0.6 is 0 Å². The summed E-state index contributed by atoms with van der Waals surface area (Å²) in [5.74, 6) is 0. The number of rotatable bonds is 4. The predicted molar refractivity (Wildman–Crippen MR) is 94.4 cm³/mol. The van der Waals surface area contributed by atoms with Crippen LogP contribution in [0.1, 0.15) is 57.1 Å². The molecular formula is C17H30N4O2S. The van der Waals surface area contributed by atoms with Gasteiger partial charge in [-0.3, -0.25) is 9.58 Å². The Balaban J connectivity index is 1.65. The molecule has 7 heteroatoms. The molecule has 136 valence electrons. The van der Waals surface area contributed by atoms with E-state index in [4.69, 9.17) is 0 Å². The van der Waals surface area contributed by atoms with Crippen LogP contribution in [0.2, 0.25) is 0 Å². The molecule has 0 unspecified atom stereocenters. The molecule has 0 radical (unpaired) electrons. The van der Waals surface area contributed by atoms with Crippen molar-refractivity contribution in [2.75, 3.05) is 13.1 Å². The lowest BCUT2D eigenvalue weighted by Crippen LogP contribution is -2.50. The highest BCUT2D eigenvalue weighted by Gasteiger charge is 2.30. The van der Waals surface area contributed by atoms with Crippen molar-refractivity contribution < 1.29 is 8.42 Å². The number of likely N-dealkylation sites (tertiary alicyclic amines) is 1. The van der Waals surface area contributed by atoms with Crippen molar-refractivity contribution in [2.24, 2.45) is 7.05 Å². The van der Waals surface area contributed by atoms with Crippen LogP contribution in [0.3, 0.4) is 0 Å². The summed E-state index contributed by atoms with van der Waals surface area (Å²) in [7, 11) is -1.72. The van der Waals surface area contributed by atoms with Crippen LogP contribution in [0.4, 0.5) is 0 Å². The minimum Gasteiger partial charge on any atom is -0.299 e. The number of aryl methyl sites for hydroxylation is 1. The first kappa shape index (κ1) is 17.9. The molecule has 24 heavy (non-hydrogen) atoms. The van der Waals surface area contributed by atoms with Gasteiger partial charge in [-0.2, -0.15) is 5.10 Å². The molecule has 1 aliphatic carbocycles. The van der Waals surface area contributed by atoms with Gasteiger partial charge in [-0.15, -0.1) is 0 Å². The monoisotopic (exact) mass is 354 g/mol. The summed E-state index contributed by atoms with van der Waals surface area (Å²) in [4.78, 5) is 2.83. The van der Waals surface area contributed by atoms with Crippen LogP contribution < -0.4 is 4.72 Å². The van der Waals surface area contributed by atoms with E-state index in [1.165, 1.54) is 44.7 Å². The van der Waals surface area contributed by atoms with Gasteiger partial charge in [0.2, 0.25) is 10.0 Å². The van der Waals surface area contributed by atoms with Gasteiger partial charge in [0.25, 0.3) is 0 Å². The number of sulfonamides is 1. The molecule has 1 saturated heterocycles. The Morgan fingerprint density at radius 1 is 1.12 bits per heavy atom. The summed E-state index contributed by atoms with van der Waals surface area (Å²) in [6.45, 7) is 3.73. The molecule has 2 aliphatic rings. The van der Waals surface area contributed by atoms with E-state index < -0.39 is 10.0 Å². The molecular weight excluding hydrogens is 324 g/mol. The summed E-state index contributed by atoms with van der Waals surface area (Å²) in [5, 5.41) is 4.06. The van der Waals surface area contributed by atoms with Gasteiger partial charge in [-0.05, 0) is 39.2 Å². The number of piperidine rings is 1. The van der Waals surface area contributed by atoms with Crippen molar-refractivity contribution in [3.05, 3.63) is 11.9 Å². The highest BCUT2D eigenvalue weighted by molar-refractivity contribution is 7.89. The van der Waals surface area contributed by atoms with E-state index in [1.54, 1.807) is 18.7 Å². The van der Waals surface area contributed by atoms with E-state index in [2.05, 4.69) is 14.7 Å². The second-order valence-electron chi connectivity index (χ2n) is 7.32. The lowest BCUT2D eigenvalue weighted by molar-refractivity contribution is 0.132. The smallest absolute Gasteiger partial charge is 0.244 e. The highest BCUT2D eigenvalue weighted by Crippen LogP contribution is 2.25. The van der Waals surface area contributed by atoms with Gasteiger partial charge >= 0.3 is 0 Å². The van der Waals surface area contributed by atoms with Gasteiger partial charge in [0, 0.05) is 25.7 Å². The topological polar surface area (TPSA) is 67.2 Å². The van der Waals surface area contributed by atoms with Crippen molar-refractivity contribution in [2.45, 2.75) is 75.3 Å². The largest absolute Gasteiger partial charge is 0.299 e. The minimum atomic E-state index is -3.49. The fourth-order valence-corrected chi connectivity index (χ4v) is 5.55. The molecule has 1 N–H and O–H groups in total. The molecule has 1 saturated carbocycles. The lowest BCUT2D eigenvalue weighted by atomic mass is 10.0. The maximum Gasteiger partial charge on any atom is 0.244 e. The molecule has 6 nitrogen and oxygen atoms in total. The van der Waals surface area contributed by atoms with Crippen molar-refractivity contribution in [3.63, 3.8) is 0 Å². The SMILES string of the molecule is Cc1c(S(=O)(=O)N[C@H]2CCCN(C3CCCCCC3)C2)cnn1C. The maximum atomic E-state index is 12.7. The molecule has 0 amide bonds. The fraction of sp³-hybridized carbons (Fsp3) is 0.824. The molecule has 2 fully saturated rings. The first-order valence-corrected chi connectivity index (χ1v) is 10.7. The van der Waals surface area contributed by atoms with E-state index in [0.717, 1.165) is 25.9 Å². The van der Waals surface area contributed by atoms with E-state index >= 15 is 0 Å². The number of nitrogens with one attached hydrogen (secondary N) is 1. The van der Waals surface area contributed by atoms with E-state index in [-0.39, 0.29) is 6.04 Å². The summed E-state index contributed by atoms with van der Waals surface area (Å²) >= 11 is 0. The van der Waals surface area contributed by atoms with Crippen LogP contribution in [0.15, 0.2) is 11.1 Å². The summed E-state index contributed by atoms with van der Waals surface area (Å²) < 4.78 is 29.9. The van der Waals surface area contributed by atoms with Crippen LogP contribution in [-0.2, 0) is 17.1 Å². The quantitative estimate of drug-likeness (QED) is 0.842. The van der Waals surface area contributed by atoms with Gasteiger partial charge in [0.05, 0.1) is 11.9 Å². The average Bonchev–Trinajstić information content (AvgIpc) is 2.77. The van der Waals surface area contributed by atoms with Crippen molar-refractivity contribution in [1.82, 2.24) is 19.4 Å². The third-order valence-corrected chi connectivity index (χ3v) is 7.22. The lowest BCUT2D eigenvalue weighted by Gasteiger charge is -2.38. The van der Waals surface area contributed by atoms with E-state index in [0.29, 0.717) is 16.6 Å². The number of aromatic nitrogens is 2. The molecule has 3 rings (SSSR count). The van der Waals surface area contributed by atoms with Gasteiger partial charge in [0.15, 0.2) is 0 Å². The molecule has 0 spiro atoms. The van der Waals surface area contributed by atoms with Crippen molar-refractivity contribution in [1.29, 1.82) is 0 Å². The number of hydrogen-bond acceptors (Lipinski definition) is 4. The van der Waals surface area contributed by atoms with E-state index in [1.807, 2.05) is 0 Å². The highest BCUT2D eigenvalue weighted by atomic mass is 32.2. The van der Waals surface area contributed by atoms with Crippen LogP contribution in [-0.4, -0.2) is 48.3 Å². The van der Waals surface area contributed by atoms with Crippen LogP contribution in [0.5, 0.6) is 0 Å². The van der Waals surface area contributed by atoms with Gasteiger partial charge < -0.3 is 0 Å². The molecule has 1 atom stereocenters. The zero-order chi connectivity index (χ0) is 17.2. The maximum absolute atomic E-state index is 12.7. The first-order valence-electron chi connectivity index (χ1n) is 9.22. The minimum absolute atomic E-state index is 0.00612. The summed E-state index contributed by atoms with van der Waals surface area (Å²) in [5.41, 5.74) is 0.680. The van der Waals surface area contributed by atoms with Crippen molar-refractivity contribution in [3.8, 4) is 0 Å². The van der Waals surface area contributed by atoms with Gasteiger partial charge in [0.1, 0.15) is 4.90 Å². The molecule has 0 aromatic carbocycles. The Morgan fingerprint density at radius 3 is 2.46 bits per heavy atom. The summed E-state index contributed by atoms with van der Waals surface area (Å²) in [6, 6.07) is 0.645. The molecule has 2 heterocycles. The molecule has 1 aromatic rings. The zero-order valence-electron chi connectivity index (χ0n) is 14.9. The Bertz CT molecular complexity index is 648. The van der Waals surface area contributed by atoms with Gasteiger partial charge in [-0.1, -0.05) is 25.7 Å². The molecule has 1 aromatic heterocycles. The van der Waals surface area contributed by atoms with Gasteiger partial charge in [-0.25, -0.2) is 13.1 Å². The average molecular weight is 355 g/mol. The number of hydrogen-bond donors (Lipinski definition) is 1.